The van der Waals surface area contributed by atoms with Crippen molar-refractivity contribution < 1.29 is 4.74 Å². The van der Waals surface area contributed by atoms with E-state index in [-0.39, 0.29) is 0 Å². The number of anilines is 2. The average Bonchev–Trinajstić information content (AvgIpc) is 3.23. The first-order chi connectivity index (χ1) is 11.6. The Morgan fingerprint density at radius 1 is 1.04 bits per heavy atom. The Morgan fingerprint density at radius 3 is 2.42 bits per heavy atom. The molecule has 128 valence electrons. The molecular formula is C18H24N4OS. The highest BCUT2D eigenvalue weighted by Gasteiger charge is 2.29. The van der Waals surface area contributed by atoms with Crippen LogP contribution in [0.1, 0.15) is 29.2 Å². The fourth-order valence-electron chi connectivity index (χ4n) is 4.01. The highest BCUT2D eigenvalue weighted by Crippen LogP contribution is 2.42. The maximum Gasteiger partial charge on any atom is 0.208 e. The molecule has 3 heterocycles. The SMILES string of the molecule is Cc1c(C)c(N2CCN(c3nncs3)CC2)c(C)c2c1OC(C)C2. The largest absolute Gasteiger partial charge is 0.490 e. The summed E-state index contributed by atoms with van der Waals surface area (Å²) in [4.78, 5) is 4.88. The summed E-state index contributed by atoms with van der Waals surface area (Å²) in [5.41, 5.74) is 8.71. The van der Waals surface area contributed by atoms with Gasteiger partial charge in [-0.2, -0.15) is 0 Å². The number of benzene rings is 1. The molecule has 2 aromatic rings. The second kappa shape index (κ2) is 5.92. The number of ether oxygens (including phenoxy) is 1. The summed E-state index contributed by atoms with van der Waals surface area (Å²) in [6.45, 7) is 12.9. The Hall–Kier alpha value is -1.82. The van der Waals surface area contributed by atoms with E-state index < -0.39 is 0 Å². The zero-order valence-corrected chi connectivity index (χ0v) is 15.6. The third kappa shape index (κ3) is 2.44. The second-order valence-corrected chi connectivity index (χ2v) is 7.67. The van der Waals surface area contributed by atoms with Gasteiger partial charge in [0.1, 0.15) is 17.4 Å². The molecule has 1 atom stereocenters. The van der Waals surface area contributed by atoms with Crippen LogP contribution in [0.4, 0.5) is 10.8 Å². The summed E-state index contributed by atoms with van der Waals surface area (Å²) in [7, 11) is 0. The van der Waals surface area contributed by atoms with Gasteiger partial charge in [0.2, 0.25) is 5.13 Å². The van der Waals surface area contributed by atoms with E-state index in [1.165, 1.54) is 27.9 Å². The van der Waals surface area contributed by atoms with Gasteiger partial charge in [-0.1, -0.05) is 11.3 Å². The van der Waals surface area contributed by atoms with Crippen LogP contribution in [0.5, 0.6) is 5.75 Å². The maximum absolute atomic E-state index is 6.07. The first-order valence-corrected chi connectivity index (χ1v) is 9.49. The molecule has 1 fully saturated rings. The van der Waals surface area contributed by atoms with E-state index in [1.807, 2.05) is 0 Å². The molecule has 0 N–H and O–H groups in total. The van der Waals surface area contributed by atoms with Crippen LogP contribution in [0.3, 0.4) is 0 Å². The van der Waals surface area contributed by atoms with Gasteiger partial charge in [0.15, 0.2) is 0 Å². The lowest BCUT2D eigenvalue weighted by molar-refractivity contribution is 0.253. The van der Waals surface area contributed by atoms with Gasteiger partial charge in [0, 0.05) is 43.9 Å². The van der Waals surface area contributed by atoms with Gasteiger partial charge in [0.25, 0.3) is 0 Å². The molecule has 0 amide bonds. The van der Waals surface area contributed by atoms with Crippen LogP contribution < -0.4 is 14.5 Å². The molecule has 0 aliphatic carbocycles. The quantitative estimate of drug-likeness (QED) is 0.837. The summed E-state index contributed by atoms with van der Waals surface area (Å²) in [6, 6.07) is 0. The highest BCUT2D eigenvalue weighted by atomic mass is 32.1. The smallest absolute Gasteiger partial charge is 0.208 e. The Morgan fingerprint density at radius 2 is 1.75 bits per heavy atom. The van der Waals surface area contributed by atoms with Crippen LogP contribution >= 0.6 is 11.3 Å². The lowest BCUT2D eigenvalue weighted by atomic mass is 9.94. The molecule has 0 bridgehead atoms. The van der Waals surface area contributed by atoms with Crippen LogP contribution in [0.2, 0.25) is 0 Å². The van der Waals surface area contributed by atoms with Gasteiger partial charge in [0.05, 0.1) is 0 Å². The summed E-state index contributed by atoms with van der Waals surface area (Å²) in [5.74, 6) is 1.13. The topological polar surface area (TPSA) is 41.5 Å². The van der Waals surface area contributed by atoms with Crippen LogP contribution in [0, 0.1) is 20.8 Å². The van der Waals surface area contributed by atoms with E-state index in [9.17, 15) is 0 Å². The summed E-state index contributed by atoms with van der Waals surface area (Å²) in [5, 5.41) is 9.20. The molecule has 1 unspecified atom stereocenters. The Bertz CT molecular complexity index is 751. The predicted octanol–water partition coefficient (Wildman–Crippen LogP) is 3.11. The van der Waals surface area contributed by atoms with Gasteiger partial charge in [-0.3, -0.25) is 0 Å². The van der Waals surface area contributed by atoms with Gasteiger partial charge in [-0.15, -0.1) is 10.2 Å². The minimum atomic E-state index is 0.293. The van der Waals surface area contributed by atoms with Crippen LogP contribution in [0.15, 0.2) is 5.51 Å². The number of hydrogen-bond donors (Lipinski definition) is 0. The molecule has 0 spiro atoms. The van der Waals surface area contributed by atoms with Crippen molar-refractivity contribution in [2.45, 2.75) is 40.2 Å². The van der Waals surface area contributed by atoms with Crippen LogP contribution in [0.25, 0.3) is 0 Å². The summed E-state index contributed by atoms with van der Waals surface area (Å²) in [6.07, 6.45) is 1.32. The fourth-order valence-corrected chi connectivity index (χ4v) is 4.62. The third-order valence-corrected chi connectivity index (χ3v) is 6.12. The molecule has 2 aliphatic rings. The second-order valence-electron chi connectivity index (χ2n) is 6.86. The Kier molecular flexibility index (Phi) is 3.87. The number of piperazine rings is 1. The number of nitrogens with zero attached hydrogens (tertiary/aromatic N) is 4. The Labute approximate surface area is 147 Å². The minimum Gasteiger partial charge on any atom is -0.490 e. The van der Waals surface area contributed by atoms with E-state index in [0.717, 1.165) is 43.5 Å². The number of rotatable bonds is 2. The van der Waals surface area contributed by atoms with E-state index in [1.54, 1.807) is 16.8 Å². The maximum atomic E-state index is 6.07. The number of aromatic nitrogens is 2. The van der Waals surface area contributed by atoms with Gasteiger partial charge in [-0.25, -0.2) is 0 Å². The van der Waals surface area contributed by atoms with Crippen LogP contribution in [-0.2, 0) is 6.42 Å². The molecule has 2 aliphatic heterocycles. The van der Waals surface area contributed by atoms with E-state index in [2.05, 4.69) is 47.7 Å². The molecule has 24 heavy (non-hydrogen) atoms. The monoisotopic (exact) mass is 344 g/mol. The fraction of sp³-hybridized carbons (Fsp3) is 0.556. The van der Waals surface area contributed by atoms with Crippen molar-refractivity contribution in [3.05, 3.63) is 27.8 Å². The normalized spacial score (nSPS) is 20.2. The van der Waals surface area contributed by atoms with Crippen molar-refractivity contribution in [3.8, 4) is 5.75 Å². The van der Waals surface area contributed by atoms with Crippen molar-refractivity contribution in [3.63, 3.8) is 0 Å². The lowest BCUT2D eigenvalue weighted by Gasteiger charge is -2.38. The molecule has 1 aromatic heterocycles. The standard InChI is InChI=1S/C18H24N4OS/c1-11-9-15-14(4)16(12(2)13(3)17(15)23-11)21-5-7-22(8-6-21)18-20-19-10-24-18/h10-11H,5-9H2,1-4H3. The molecule has 6 heteroatoms. The van der Waals surface area contributed by atoms with Gasteiger partial charge < -0.3 is 14.5 Å². The van der Waals surface area contributed by atoms with E-state index in [0.29, 0.717) is 6.10 Å². The van der Waals surface area contributed by atoms with Crippen molar-refractivity contribution in [2.75, 3.05) is 36.0 Å². The molecular weight excluding hydrogens is 320 g/mol. The van der Waals surface area contributed by atoms with E-state index >= 15 is 0 Å². The summed E-state index contributed by atoms with van der Waals surface area (Å²) < 4.78 is 6.07. The first-order valence-electron chi connectivity index (χ1n) is 8.61. The van der Waals surface area contributed by atoms with Crippen LogP contribution in [-0.4, -0.2) is 42.5 Å². The van der Waals surface area contributed by atoms with Crippen molar-refractivity contribution in [1.29, 1.82) is 0 Å². The summed E-state index contributed by atoms with van der Waals surface area (Å²) >= 11 is 1.62. The number of fused-ring (bicyclic) bond motifs is 1. The van der Waals surface area contributed by atoms with E-state index in [4.69, 9.17) is 4.74 Å². The van der Waals surface area contributed by atoms with Crippen molar-refractivity contribution in [1.82, 2.24) is 10.2 Å². The molecule has 1 aromatic carbocycles. The molecule has 0 saturated carbocycles. The first kappa shape index (κ1) is 15.7. The van der Waals surface area contributed by atoms with Crippen molar-refractivity contribution in [2.24, 2.45) is 0 Å². The molecule has 1 saturated heterocycles. The van der Waals surface area contributed by atoms with Crippen molar-refractivity contribution >= 4 is 22.2 Å². The average molecular weight is 344 g/mol. The minimum absolute atomic E-state index is 0.293. The molecule has 4 rings (SSSR count). The predicted molar refractivity (Wildman–Crippen MR) is 98.8 cm³/mol. The zero-order chi connectivity index (χ0) is 16.8. The lowest BCUT2D eigenvalue weighted by Crippen LogP contribution is -2.47. The zero-order valence-electron chi connectivity index (χ0n) is 14.8. The van der Waals surface area contributed by atoms with Gasteiger partial charge in [-0.05, 0) is 44.4 Å². The van der Waals surface area contributed by atoms with Gasteiger partial charge >= 0.3 is 0 Å². The number of hydrogen-bond acceptors (Lipinski definition) is 6. The Balaban J connectivity index is 1.62. The molecule has 0 radical (unpaired) electrons. The highest BCUT2D eigenvalue weighted by molar-refractivity contribution is 7.13. The molecule has 5 nitrogen and oxygen atoms in total. The third-order valence-electron chi connectivity index (χ3n) is 5.37.